The molecule has 0 aliphatic rings. The van der Waals surface area contributed by atoms with E-state index < -0.39 is 0 Å². The molecule has 1 heterocycles. The van der Waals surface area contributed by atoms with Gasteiger partial charge in [0.25, 0.3) is 0 Å². The smallest absolute Gasteiger partial charge is 0.200 e. The Hall–Kier alpha value is -2.73. The van der Waals surface area contributed by atoms with Crippen molar-refractivity contribution in [1.29, 1.82) is 0 Å². The summed E-state index contributed by atoms with van der Waals surface area (Å²) in [6.07, 6.45) is 0.774. The fourth-order valence-corrected chi connectivity index (χ4v) is 3.47. The molecule has 2 aromatic carbocycles. The third kappa shape index (κ3) is 3.75. The molecular weight excluding hydrogens is 348 g/mol. The molecule has 0 saturated heterocycles. The first-order chi connectivity index (χ1) is 12.5. The minimum absolute atomic E-state index is 0.00323. The lowest BCUT2D eigenvalue weighted by Crippen LogP contribution is -2.08. The van der Waals surface area contributed by atoms with E-state index in [1.54, 1.807) is 23.5 Å². The number of ether oxygens (including phenoxy) is 2. The van der Waals surface area contributed by atoms with Crippen LogP contribution in [0.2, 0.25) is 0 Å². The molecule has 5 nitrogen and oxygen atoms in total. The molecule has 0 amide bonds. The number of benzene rings is 2. The topological polar surface area (TPSA) is 54.8 Å². The van der Waals surface area contributed by atoms with E-state index in [1.807, 2.05) is 14.1 Å². The van der Waals surface area contributed by atoms with Gasteiger partial charge in [-0.3, -0.25) is 0 Å². The second kappa shape index (κ2) is 7.66. The van der Waals surface area contributed by atoms with Gasteiger partial charge in [0.05, 0.1) is 19.9 Å². The molecular formula is C20H22N2O3S. The molecule has 3 aromatic rings. The third-order valence-corrected chi connectivity index (χ3v) is 5.06. The third-order valence-electron chi connectivity index (χ3n) is 4.12. The Bertz CT molecular complexity index is 863. The van der Waals surface area contributed by atoms with E-state index >= 15 is 0 Å². The predicted molar refractivity (Wildman–Crippen MR) is 106 cm³/mol. The largest absolute Gasteiger partial charge is 0.502 e. The van der Waals surface area contributed by atoms with E-state index in [9.17, 15) is 5.11 Å². The number of methoxy groups -OCH3 is 2. The molecule has 0 bridgehead atoms. The molecule has 1 aromatic heterocycles. The Balaban J connectivity index is 1.83. The Morgan fingerprint density at radius 1 is 1.04 bits per heavy atom. The maximum Gasteiger partial charge on any atom is 0.200 e. The van der Waals surface area contributed by atoms with Crippen LogP contribution in [-0.4, -0.2) is 38.4 Å². The van der Waals surface area contributed by atoms with Crippen LogP contribution in [0.1, 0.15) is 11.3 Å². The summed E-state index contributed by atoms with van der Waals surface area (Å²) in [5, 5.41) is 13.0. The lowest BCUT2D eigenvalue weighted by Gasteiger charge is -2.12. The van der Waals surface area contributed by atoms with Crippen LogP contribution in [0.5, 0.6) is 17.2 Å². The number of thiazole rings is 1. The zero-order valence-electron chi connectivity index (χ0n) is 15.3. The minimum atomic E-state index is -0.00323. The van der Waals surface area contributed by atoms with E-state index in [1.165, 1.54) is 25.5 Å². The van der Waals surface area contributed by atoms with Crippen molar-refractivity contribution in [3.63, 3.8) is 0 Å². The highest BCUT2D eigenvalue weighted by Gasteiger charge is 2.14. The number of aromatic nitrogens is 1. The van der Waals surface area contributed by atoms with Crippen LogP contribution >= 0.6 is 11.3 Å². The van der Waals surface area contributed by atoms with Crippen molar-refractivity contribution in [2.75, 3.05) is 33.2 Å². The summed E-state index contributed by atoms with van der Waals surface area (Å²) in [7, 11) is 7.09. The van der Waals surface area contributed by atoms with Gasteiger partial charge in [-0.05, 0) is 29.8 Å². The number of anilines is 1. The highest BCUT2D eigenvalue weighted by Crippen LogP contribution is 2.41. The number of hydrogen-bond acceptors (Lipinski definition) is 6. The number of aromatic hydroxyl groups is 1. The van der Waals surface area contributed by atoms with Crippen molar-refractivity contribution >= 4 is 17.0 Å². The molecule has 0 aliphatic carbocycles. The molecule has 3 rings (SSSR count). The lowest BCUT2D eigenvalue weighted by molar-refractivity contribution is 0.340. The van der Waals surface area contributed by atoms with Gasteiger partial charge in [0.1, 0.15) is 5.01 Å². The quantitative estimate of drug-likeness (QED) is 0.705. The number of nitrogens with zero attached hydrogens (tertiary/aromatic N) is 2. The normalized spacial score (nSPS) is 10.6. The van der Waals surface area contributed by atoms with Gasteiger partial charge in [-0.15, -0.1) is 11.3 Å². The van der Waals surface area contributed by atoms with Crippen molar-refractivity contribution < 1.29 is 14.6 Å². The summed E-state index contributed by atoms with van der Waals surface area (Å²) in [6, 6.07) is 12.0. The SMILES string of the molecule is COc1cc(-c2nc(Cc3ccc(N(C)C)cc3)cs2)cc(OC)c1O. The van der Waals surface area contributed by atoms with Gasteiger partial charge in [0.2, 0.25) is 5.75 Å². The van der Waals surface area contributed by atoms with Crippen molar-refractivity contribution in [2.24, 2.45) is 0 Å². The maximum atomic E-state index is 10.1. The standard InChI is InChI=1S/C20H22N2O3S/c1-22(2)16-7-5-13(6-8-16)9-15-12-26-20(21-15)14-10-17(24-3)19(23)18(11-14)25-4/h5-8,10-12,23H,9H2,1-4H3. The summed E-state index contributed by atoms with van der Waals surface area (Å²) in [5.74, 6) is 0.738. The molecule has 6 heteroatoms. The second-order valence-electron chi connectivity index (χ2n) is 6.11. The van der Waals surface area contributed by atoms with Crippen LogP contribution in [0.4, 0.5) is 5.69 Å². The van der Waals surface area contributed by atoms with E-state index in [4.69, 9.17) is 14.5 Å². The fourth-order valence-electron chi connectivity index (χ4n) is 2.66. The Kier molecular flexibility index (Phi) is 5.32. The number of phenolic OH excluding ortho intramolecular Hbond substituents is 1. The molecule has 0 unspecified atom stereocenters. The Morgan fingerprint density at radius 3 is 2.19 bits per heavy atom. The molecule has 136 valence electrons. The lowest BCUT2D eigenvalue weighted by atomic mass is 10.1. The monoisotopic (exact) mass is 370 g/mol. The van der Waals surface area contributed by atoms with E-state index in [0.717, 1.165) is 22.7 Å². The maximum absolute atomic E-state index is 10.1. The van der Waals surface area contributed by atoms with E-state index in [0.29, 0.717) is 11.5 Å². The minimum Gasteiger partial charge on any atom is -0.502 e. The van der Waals surface area contributed by atoms with Crippen molar-refractivity contribution in [1.82, 2.24) is 4.98 Å². The number of phenols is 1. The first-order valence-electron chi connectivity index (χ1n) is 8.18. The summed E-state index contributed by atoms with van der Waals surface area (Å²) < 4.78 is 10.5. The molecule has 26 heavy (non-hydrogen) atoms. The van der Waals surface area contributed by atoms with Gasteiger partial charge in [-0.25, -0.2) is 4.98 Å². The van der Waals surface area contributed by atoms with Crippen LogP contribution in [0, 0.1) is 0 Å². The number of rotatable bonds is 6. The summed E-state index contributed by atoms with van der Waals surface area (Å²) in [4.78, 5) is 6.81. The zero-order valence-corrected chi connectivity index (χ0v) is 16.1. The molecule has 0 radical (unpaired) electrons. The number of hydrogen-bond donors (Lipinski definition) is 1. The highest BCUT2D eigenvalue weighted by molar-refractivity contribution is 7.13. The van der Waals surface area contributed by atoms with E-state index in [-0.39, 0.29) is 5.75 Å². The first-order valence-corrected chi connectivity index (χ1v) is 9.05. The van der Waals surface area contributed by atoms with Gasteiger partial charge in [-0.2, -0.15) is 0 Å². The summed E-state index contributed by atoms with van der Waals surface area (Å²) in [5.41, 5.74) is 4.26. The van der Waals surface area contributed by atoms with Gasteiger partial charge < -0.3 is 19.5 Å². The Morgan fingerprint density at radius 2 is 1.65 bits per heavy atom. The van der Waals surface area contributed by atoms with Crippen molar-refractivity contribution in [3.05, 3.63) is 53.0 Å². The van der Waals surface area contributed by atoms with Gasteiger partial charge in [0, 0.05) is 37.1 Å². The van der Waals surface area contributed by atoms with E-state index in [2.05, 4.69) is 34.5 Å². The Labute approximate surface area is 157 Å². The summed E-state index contributed by atoms with van der Waals surface area (Å²) in [6.45, 7) is 0. The van der Waals surface area contributed by atoms with Gasteiger partial charge >= 0.3 is 0 Å². The highest BCUT2D eigenvalue weighted by atomic mass is 32.1. The molecule has 0 aliphatic heterocycles. The predicted octanol–water partition coefficient (Wildman–Crippen LogP) is 4.19. The average molecular weight is 370 g/mol. The van der Waals surface area contributed by atoms with Crippen molar-refractivity contribution in [2.45, 2.75) is 6.42 Å². The van der Waals surface area contributed by atoms with Crippen LogP contribution < -0.4 is 14.4 Å². The van der Waals surface area contributed by atoms with Crippen molar-refractivity contribution in [3.8, 4) is 27.8 Å². The van der Waals surface area contributed by atoms with Crippen LogP contribution in [-0.2, 0) is 6.42 Å². The van der Waals surface area contributed by atoms with Gasteiger partial charge in [0.15, 0.2) is 11.5 Å². The van der Waals surface area contributed by atoms with Gasteiger partial charge in [-0.1, -0.05) is 12.1 Å². The molecule has 0 fully saturated rings. The second-order valence-corrected chi connectivity index (χ2v) is 6.97. The molecule has 0 atom stereocenters. The first kappa shape index (κ1) is 18.1. The molecule has 1 N–H and O–H groups in total. The average Bonchev–Trinajstić information content (AvgIpc) is 3.11. The molecule has 0 spiro atoms. The molecule has 0 saturated carbocycles. The van der Waals surface area contributed by atoms with Crippen LogP contribution in [0.3, 0.4) is 0 Å². The van der Waals surface area contributed by atoms with Crippen LogP contribution in [0.25, 0.3) is 10.6 Å². The zero-order chi connectivity index (χ0) is 18.7. The fraction of sp³-hybridized carbons (Fsp3) is 0.250. The van der Waals surface area contributed by atoms with Crippen LogP contribution in [0.15, 0.2) is 41.8 Å². The summed E-state index contributed by atoms with van der Waals surface area (Å²) >= 11 is 1.56.